The maximum Gasteiger partial charge on any atom is 0.249 e. The molecule has 0 spiro atoms. The summed E-state index contributed by atoms with van der Waals surface area (Å²) in [4.78, 5) is 4.32. The Hall–Kier alpha value is -3.22. The molecule has 0 fully saturated rings. The number of hydrogen-bond donors (Lipinski definition) is 2. The van der Waals surface area contributed by atoms with Crippen LogP contribution in [0, 0.1) is 5.82 Å². The summed E-state index contributed by atoms with van der Waals surface area (Å²) < 4.78 is 18.2. The molecule has 0 aliphatic heterocycles. The number of aromatic nitrogens is 3. The van der Waals surface area contributed by atoms with Crippen molar-refractivity contribution in [1.82, 2.24) is 15.2 Å². The molecule has 23 heavy (non-hydrogen) atoms. The number of methoxy groups -OCH3 is 1. The van der Waals surface area contributed by atoms with Crippen molar-refractivity contribution in [2.45, 2.75) is 0 Å². The molecule has 0 aliphatic rings. The van der Waals surface area contributed by atoms with E-state index in [-0.39, 0.29) is 5.82 Å². The van der Waals surface area contributed by atoms with E-state index in [1.807, 2.05) is 24.3 Å². The minimum absolute atomic E-state index is 0.296. The molecule has 0 atom stereocenters. The largest absolute Gasteiger partial charge is 0.495 e. The molecule has 3 rings (SSSR count). The highest BCUT2D eigenvalue weighted by molar-refractivity contribution is 5.63. The molecule has 2 N–H and O–H groups in total. The number of ether oxygens (including phenoxy) is 1. The Morgan fingerprint density at radius 2 is 1.78 bits per heavy atom. The first-order valence-electron chi connectivity index (χ1n) is 6.87. The van der Waals surface area contributed by atoms with Crippen molar-refractivity contribution in [2.24, 2.45) is 0 Å². The molecule has 6 nitrogen and oxygen atoms in total. The second kappa shape index (κ2) is 6.69. The Kier molecular flexibility index (Phi) is 4.28. The van der Waals surface area contributed by atoms with Crippen molar-refractivity contribution < 1.29 is 9.13 Å². The smallest absolute Gasteiger partial charge is 0.249 e. The molecule has 0 saturated carbocycles. The molecule has 0 aliphatic carbocycles. The van der Waals surface area contributed by atoms with Gasteiger partial charge in [0, 0.05) is 5.69 Å². The van der Waals surface area contributed by atoms with Crippen LogP contribution in [0.4, 0.5) is 27.5 Å². The second-order valence-electron chi connectivity index (χ2n) is 4.62. The van der Waals surface area contributed by atoms with Gasteiger partial charge in [0.05, 0.1) is 19.0 Å². The Morgan fingerprint density at radius 1 is 1.00 bits per heavy atom. The van der Waals surface area contributed by atoms with Crippen LogP contribution >= 0.6 is 0 Å². The highest BCUT2D eigenvalue weighted by Crippen LogP contribution is 2.25. The third kappa shape index (κ3) is 3.70. The monoisotopic (exact) mass is 311 g/mol. The molecule has 0 amide bonds. The second-order valence-corrected chi connectivity index (χ2v) is 4.62. The fraction of sp³-hybridized carbons (Fsp3) is 0.0625. The highest BCUT2D eigenvalue weighted by atomic mass is 19.1. The van der Waals surface area contributed by atoms with Crippen LogP contribution in [0.3, 0.4) is 0 Å². The zero-order valence-corrected chi connectivity index (χ0v) is 12.3. The van der Waals surface area contributed by atoms with Crippen LogP contribution in [-0.2, 0) is 0 Å². The lowest BCUT2D eigenvalue weighted by Gasteiger charge is -2.10. The lowest BCUT2D eigenvalue weighted by Crippen LogP contribution is -2.03. The third-order valence-corrected chi connectivity index (χ3v) is 3.03. The van der Waals surface area contributed by atoms with Gasteiger partial charge in [-0.2, -0.15) is 10.1 Å². The summed E-state index contributed by atoms with van der Waals surface area (Å²) >= 11 is 0. The molecule has 1 heterocycles. The van der Waals surface area contributed by atoms with E-state index in [1.165, 1.54) is 18.3 Å². The van der Waals surface area contributed by atoms with Crippen LogP contribution < -0.4 is 15.4 Å². The Morgan fingerprint density at radius 3 is 2.57 bits per heavy atom. The fourth-order valence-electron chi connectivity index (χ4n) is 1.97. The quantitative estimate of drug-likeness (QED) is 0.751. The number of benzene rings is 2. The summed E-state index contributed by atoms with van der Waals surface area (Å²) in [5.41, 5.74) is 1.44. The van der Waals surface area contributed by atoms with Crippen molar-refractivity contribution in [2.75, 3.05) is 17.7 Å². The summed E-state index contributed by atoms with van der Waals surface area (Å²) in [5.74, 6) is 1.19. The SMILES string of the molecule is COc1ccccc1Nc1nncc(Nc2ccc(F)cc2)n1. The highest BCUT2D eigenvalue weighted by Gasteiger charge is 2.06. The summed E-state index contributed by atoms with van der Waals surface area (Å²) in [5, 5.41) is 13.9. The predicted octanol–water partition coefficient (Wildman–Crippen LogP) is 3.51. The average molecular weight is 311 g/mol. The van der Waals surface area contributed by atoms with Crippen LogP contribution in [0.25, 0.3) is 0 Å². The van der Waals surface area contributed by atoms with E-state index in [0.29, 0.717) is 23.2 Å². The zero-order chi connectivity index (χ0) is 16.1. The van der Waals surface area contributed by atoms with Gasteiger partial charge in [-0.3, -0.25) is 0 Å². The van der Waals surface area contributed by atoms with Crippen molar-refractivity contribution in [3.63, 3.8) is 0 Å². The van der Waals surface area contributed by atoms with Gasteiger partial charge in [-0.25, -0.2) is 4.39 Å². The standard InChI is InChI=1S/C16H14FN5O/c1-23-14-5-3-2-4-13(14)20-16-21-15(10-18-22-16)19-12-8-6-11(17)7-9-12/h2-10H,1H3,(H2,19,20,21,22). The third-order valence-electron chi connectivity index (χ3n) is 3.03. The molecule has 3 aromatic rings. The van der Waals surface area contributed by atoms with Gasteiger partial charge in [0.15, 0.2) is 5.82 Å². The van der Waals surface area contributed by atoms with E-state index in [0.717, 1.165) is 5.69 Å². The van der Waals surface area contributed by atoms with E-state index < -0.39 is 0 Å². The Balaban J connectivity index is 1.78. The van der Waals surface area contributed by atoms with E-state index in [2.05, 4.69) is 25.8 Å². The molecule has 7 heteroatoms. The number of nitrogens with one attached hydrogen (secondary N) is 2. The summed E-state index contributed by atoms with van der Waals surface area (Å²) in [6, 6.07) is 13.4. The van der Waals surface area contributed by atoms with Gasteiger partial charge < -0.3 is 15.4 Å². The van der Waals surface area contributed by atoms with Crippen molar-refractivity contribution in [3.05, 3.63) is 60.5 Å². The molecule has 2 aromatic carbocycles. The average Bonchev–Trinajstić information content (AvgIpc) is 2.58. The van der Waals surface area contributed by atoms with Gasteiger partial charge in [0.2, 0.25) is 5.95 Å². The zero-order valence-electron chi connectivity index (χ0n) is 12.3. The molecule has 0 radical (unpaired) electrons. The summed E-state index contributed by atoms with van der Waals surface area (Å²) in [7, 11) is 1.59. The lowest BCUT2D eigenvalue weighted by atomic mass is 10.3. The number of anilines is 4. The van der Waals surface area contributed by atoms with Gasteiger partial charge >= 0.3 is 0 Å². The van der Waals surface area contributed by atoms with E-state index >= 15 is 0 Å². The Labute approximate surface area is 132 Å². The number of hydrogen-bond acceptors (Lipinski definition) is 6. The summed E-state index contributed by atoms with van der Waals surface area (Å²) in [6.07, 6.45) is 1.48. The first-order chi connectivity index (χ1) is 11.2. The maximum atomic E-state index is 12.9. The Bertz CT molecular complexity index is 794. The van der Waals surface area contributed by atoms with Crippen LogP contribution in [-0.4, -0.2) is 22.3 Å². The minimum atomic E-state index is -0.296. The van der Waals surface area contributed by atoms with E-state index in [9.17, 15) is 4.39 Å². The molecular formula is C16H14FN5O. The molecule has 0 bridgehead atoms. The molecular weight excluding hydrogens is 297 g/mol. The van der Waals surface area contributed by atoms with Gasteiger partial charge in [0.1, 0.15) is 11.6 Å². The van der Waals surface area contributed by atoms with Crippen molar-refractivity contribution in [3.8, 4) is 5.75 Å². The maximum absolute atomic E-state index is 12.9. The first kappa shape index (κ1) is 14.7. The van der Waals surface area contributed by atoms with Crippen LogP contribution in [0.15, 0.2) is 54.7 Å². The van der Waals surface area contributed by atoms with Crippen LogP contribution in [0.1, 0.15) is 0 Å². The van der Waals surface area contributed by atoms with Crippen molar-refractivity contribution in [1.29, 1.82) is 0 Å². The van der Waals surface area contributed by atoms with Crippen molar-refractivity contribution >= 4 is 23.1 Å². The minimum Gasteiger partial charge on any atom is -0.495 e. The van der Waals surface area contributed by atoms with Gasteiger partial charge in [-0.15, -0.1) is 5.10 Å². The lowest BCUT2D eigenvalue weighted by molar-refractivity contribution is 0.417. The number of nitrogens with zero attached hydrogens (tertiary/aromatic N) is 3. The molecule has 1 aromatic heterocycles. The summed E-state index contributed by atoms with van der Waals surface area (Å²) in [6.45, 7) is 0. The molecule has 0 saturated heterocycles. The van der Waals surface area contributed by atoms with Gasteiger partial charge in [-0.1, -0.05) is 12.1 Å². The van der Waals surface area contributed by atoms with E-state index in [1.54, 1.807) is 19.2 Å². The molecule has 0 unspecified atom stereocenters. The number of halogens is 1. The van der Waals surface area contributed by atoms with Gasteiger partial charge in [-0.05, 0) is 36.4 Å². The topological polar surface area (TPSA) is 72.0 Å². The molecule has 116 valence electrons. The number of rotatable bonds is 5. The fourth-order valence-corrected chi connectivity index (χ4v) is 1.97. The van der Waals surface area contributed by atoms with Gasteiger partial charge in [0.25, 0.3) is 0 Å². The number of para-hydroxylation sites is 2. The predicted molar refractivity (Wildman–Crippen MR) is 85.8 cm³/mol. The first-order valence-corrected chi connectivity index (χ1v) is 6.87. The van der Waals surface area contributed by atoms with E-state index in [4.69, 9.17) is 4.74 Å². The normalized spacial score (nSPS) is 10.2. The van der Waals surface area contributed by atoms with Crippen LogP contribution in [0.5, 0.6) is 5.75 Å². The van der Waals surface area contributed by atoms with Crippen LogP contribution in [0.2, 0.25) is 0 Å².